The second-order valence-electron chi connectivity index (χ2n) is 3.55. The van der Waals surface area contributed by atoms with Crippen LogP contribution in [-0.4, -0.2) is 29.2 Å². The van der Waals surface area contributed by atoms with Crippen LogP contribution in [0.3, 0.4) is 0 Å². The summed E-state index contributed by atoms with van der Waals surface area (Å²) in [6.45, 7) is 3.84. The first-order valence-corrected chi connectivity index (χ1v) is 4.29. The van der Waals surface area contributed by atoms with Gasteiger partial charge in [0.25, 0.3) is 0 Å². The number of nitrogens with one attached hydrogen (secondary N) is 2. The molecule has 74 valence electrons. The standard InChI is InChI=1S/C8H14N2O3/c1-4(2)7-9-5(8(12)13)3-6(11)10-7/h4-5,7,9H,3H2,1-2H3,(H,10,11)(H,12,13). The molecule has 2 unspecified atom stereocenters. The molecule has 0 aromatic heterocycles. The second-order valence-corrected chi connectivity index (χ2v) is 3.55. The number of aliphatic carboxylic acids is 1. The van der Waals surface area contributed by atoms with Gasteiger partial charge in [0.15, 0.2) is 0 Å². The summed E-state index contributed by atoms with van der Waals surface area (Å²) in [5.74, 6) is -0.989. The number of amides is 1. The average Bonchev–Trinajstić information content (AvgIpc) is 2.03. The van der Waals surface area contributed by atoms with Crippen molar-refractivity contribution in [2.45, 2.75) is 32.5 Å². The molecule has 0 aromatic carbocycles. The molecule has 1 saturated heterocycles. The predicted molar refractivity (Wildman–Crippen MR) is 45.9 cm³/mol. The fraction of sp³-hybridized carbons (Fsp3) is 0.750. The lowest BCUT2D eigenvalue weighted by Gasteiger charge is -2.31. The van der Waals surface area contributed by atoms with Crippen LogP contribution in [0.1, 0.15) is 20.3 Å². The third-order valence-corrected chi connectivity index (χ3v) is 2.05. The van der Waals surface area contributed by atoms with Gasteiger partial charge in [-0.25, -0.2) is 0 Å². The van der Waals surface area contributed by atoms with Gasteiger partial charge in [-0.2, -0.15) is 0 Å². The van der Waals surface area contributed by atoms with E-state index in [1.165, 1.54) is 0 Å². The number of carboxylic acid groups (broad SMARTS) is 1. The highest BCUT2D eigenvalue weighted by Gasteiger charge is 2.31. The van der Waals surface area contributed by atoms with E-state index in [4.69, 9.17) is 5.11 Å². The summed E-state index contributed by atoms with van der Waals surface area (Å²) in [6.07, 6.45) is -0.221. The third kappa shape index (κ3) is 2.42. The average molecular weight is 186 g/mol. The second kappa shape index (κ2) is 3.74. The Kier molecular flexibility index (Phi) is 2.87. The Morgan fingerprint density at radius 3 is 2.69 bits per heavy atom. The van der Waals surface area contributed by atoms with E-state index in [1.807, 2.05) is 13.8 Å². The molecule has 1 aliphatic heterocycles. The Morgan fingerprint density at radius 2 is 2.23 bits per heavy atom. The smallest absolute Gasteiger partial charge is 0.321 e. The summed E-state index contributed by atoms with van der Waals surface area (Å²) in [4.78, 5) is 21.7. The highest BCUT2D eigenvalue weighted by Crippen LogP contribution is 2.07. The van der Waals surface area contributed by atoms with E-state index in [9.17, 15) is 9.59 Å². The molecule has 1 heterocycles. The van der Waals surface area contributed by atoms with Crippen molar-refractivity contribution < 1.29 is 14.7 Å². The summed E-state index contributed by atoms with van der Waals surface area (Å²) in [5, 5.41) is 14.3. The predicted octanol–water partition coefficient (Wildman–Crippen LogP) is -0.469. The zero-order valence-electron chi connectivity index (χ0n) is 7.70. The van der Waals surface area contributed by atoms with Crippen molar-refractivity contribution in [2.24, 2.45) is 5.92 Å². The van der Waals surface area contributed by atoms with Crippen LogP contribution in [-0.2, 0) is 9.59 Å². The molecule has 3 N–H and O–H groups in total. The molecule has 1 aliphatic rings. The molecule has 2 atom stereocenters. The minimum atomic E-state index is -0.972. The quantitative estimate of drug-likeness (QED) is 0.545. The first-order valence-electron chi connectivity index (χ1n) is 4.29. The topological polar surface area (TPSA) is 78.4 Å². The summed E-state index contributed by atoms with van der Waals surface area (Å²) < 4.78 is 0. The molecular formula is C8H14N2O3. The molecule has 0 bridgehead atoms. The van der Waals surface area contributed by atoms with Gasteiger partial charge in [0.05, 0.1) is 12.6 Å². The maximum atomic E-state index is 11.1. The monoisotopic (exact) mass is 186 g/mol. The van der Waals surface area contributed by atoms with Crippen LogP contribution in [0.4, 0.5) is 0 Å². The van der Waals surface area contributed by atoms with Crippen LogP contribution in [0.25, 0.3) is 0 Å². The number of carbonyl (C=O) groups excluding carboxylic acids is 1. The maximum Gasteiger partial charge on any atom is 0.321 e. The minimum absolute atomic E-state index is 0.0125. The Labute approximate surface area is 76.5 Å². The first-order chi connectivity index (χ1) is 6.00. The lowest BCUT2D eigenvalue weighted by molar-refractivity contribution is -0.144. The van der Waals surface area contributed by atoms with E-state index in [1.54, 1.807) is 0 Å². The van der Waals surface area contributed by atoms with E-state index in [0.29, 0.717) is 0 Å². The number of carbonyl (C=O) groups is 2. The van der Waals surface area contributed by atoms with Crippen molar-refractivity contribution in [1.82, 2.24) is 10.6 Å². The van der Waals surface area contributed by atoms with E-state index in [0.717, 1.165) is 0 Å². The lowest BCUT2D eigenvalue weighted by Crippen LogP contribution is -2.60. The highest BCUT2D eigenvalue weighted by atomic mass is 16.4. The Bertz CT molecular complexity index is 227. The van der Waals surface area contributed by atoms with Crippen molar-refractivity contribution in [2.75, 3.05) is 0 Å². The largest absolute Gasteiger partial charge is 0.480 e. The number of hydrogen-bond donors (Lipinski definition) is 3. The van der Waals surface area contributed by atoms with Crippen LogP contribution in [0.15, 0.2) is 0 Å². The molecular weight excluding hydrogens is 172 g/mol. The van der Waals surface area contributed by atoms with E-state index >= 15 is 0 Å². The van der Waals surface area contributed by atoms with Gasteiger partial charge >= 0.3 is 5.97 Å². The van der Waals surface area contributed by atoms with Crippen LogP contribution in [0.5, 0.6) is 0 Å². The molecule has 0 aromatic rings. The molecule has 1 fully saturated rings. The first kappa shape index (κ1) is 9.98. The fourth-order valence-corrected chi connectivity index (χ4v) is 1.25. The van der Waals surface area contributed by atoms with Crippen molar-refractivity contribution >= 4 is 11.9 Å². The molecule has 1 rings (SSSR count). The zero-order chi connectivity index (χ0) is 10.0. The fourth-order valence-electron chi connectivity index (χ4n) is 1.25. The molecule has 0 saturated carbocycles. The minimum Gasteiger partial charge on any atom is -0.480 e. The third-order valence-electron chi connectivity index (χ3n) is 2.05. The Hall–Kier alpha value is -1.10. The summed E-state index contributed by atoms with van der Waals surface area (Å²) in [7, 11) is 0. The molecule has 1 amide bonds. The van der Waals surface area contributed by atoms with Gasteiger partial charge in [0.1, 0.15) is 6.04 Å². The maximum absolute atomic E-state index is 11.1. The van der Waals surface area contributed by atoms with Gasteiger partial charge in [-0.3, -0.25) is 14.9 Å². The molecule has 0 radical (unpaired) electrons. The molecule has 0 aliphatic carbocycles. The van der Waals surface area contributed by atoms with Crippen LogP contribution >= 0.6 is 0 Å². The number of carboxylic acids is 1. The lowest BCUT2D eigenvalue weighted by atomic mass is 10.0. The van der Waals surface area contributed by atoms with Gasteiger partial charge in [-0.1, -0.05) is 13.8 Å². The van der Waals surface area contributed by atoms with E-state index in [-0.39, 0.29) is 24.4 Å². The summed E-state index contributed by atoms with van der Waals surface area (Å²) in [5.41, 5.74) is 0. The zero-order valence-corrected chi connectivity index (χ0v) is 7.70. The number of rotatable bonds is 2. The highest BCUT2D eigenvalue weighted by molar-refractivity contribution is 5.85. The molecule has 0 spiro atoms. The number of hydrogen-bond acceptors (Lipinski definition) is 3. The van der Waals surface area contributed by atoms with Crippen LogP contribution in [0, 0.1) is 5.92 Å². The van der Waals surface area contributed by atoms with Crippen LogP contribution in [0.2, 0.25) is 0 Å². The van der Waals surface area contributed by atoms with Crippen molar-refractivity contribution in [3.8, 4) is 0 Å². The van der Waals surface area contributed by atoms with E-state index in [2.05, 4.69) is 10.6 Å². The van der Waals surface area contributed by atoms with Gasteiger partial charge < -0.3 is 10.4 Å². The molecule has 5 heteroatoms. The van der Waals surface area contributed by atoms with Crippen LogP contribution < -0.4 is 10.6 Å². The van der Waals surface area contributed by atoms with Crippen molar-refractivity contribution in [3.63, 3.8) is 0 Å². The van der Waals surface area contributed by atoms with Gasteiger partial charge in [-0.15, -0.1) is 0 Å². The summed E-state index contributed by atoms with van der Waals surface area (Å²) in [6, 6.07) is -0.749. The van der Waals surface area contributed by atoms with Gasteiger partial charge in [-0.05, 0) is 5.92 Å². The molecule has 13 heavy (non-hydrogen) atoms. The van der Waals surface area contributed by atoms with Crippen molar-refractivity contribution in [3.05, 3.63) is 0 Å². The Morgan fingerprint density at radius 1 is 1.62 bits per heavy atom. The SMILES string of the molecule is CC(C)C1NC(=O)CC(C(=O)O)N1. The van der Waals surface area contributed by atoms with Gasteiger partial charge in [0, 0.05) is 0 Å². The van der Waals surface area contributed by atoms with Gasteiger partial charge in [0.2, 0.25) is 5.91 Å². The summed E-state index contributed by atoms with van der Waals surface area (Å²) >= 11 is 0. The Balaban J connectivity index is 2.63. The normalized spacial score (nSPS) is 28.7. The van der Waals surface area contributed by atoms with Crippen molar-refractivity contribution in [1.29, 1.82) is 0 Å². The molecule has 5 nitrogen and oxygen atoms in total. The van der Waals surface area contributed by atoms with E-state index < -0.39 is 12.0 Å².